The molecule has 0 amide bonds. The molecular formula is C25H35FN2O. The molecule has 0 aromatic heterocycles. The van der Waals surface area contributed by atoms with E-state index in [4.69, 9.17) is 16.2 Å². The number of halogens is 1. The van der Waals surface area contributed by atoms with E-state index in [0.717, 1.165) is 24.3 Å². The van der Waals surface area contributed by atoms with Crippen molar-refractivity contribution in [2.24, 2.45) is 5.92 Å². The topological polar surface area (TPSA) is 61.3 Å². The summed E-state index contributed by atoms with van der Waals surface area (Å²) in [7, 11) is 0. The maximum atomic E-state index is 14.8. The molecule has 1 aliphatic rings. The van der Waals surface area contributed by atoms with Gasteiger partial charge in [-0.15, -0.1) is 0 Å². The number of benzene rings is 2. The van der Waals surface area contributed by atoms with Crippen LogP contribution in [0.25, 0.3) is 0 Å². The second-order valence-electron chi connectivity index (χ2n) is 8.50. The van der Waals surface area contributed by atoms with Gasteiger partial charge >= 0.3 is 0 Å². The van der Waals surface area contributed by atoms with Crippen LogP contribution in [0.2, 0.25) is 0 Å². The molecule has 0 saturated heterocycles. The monoisotopic (exact) mass is 398 g/mol. The van der Waals surface area contributed by atoms with Crippen molar-refractivity contribution < 1.29 is 9.13 Å². The van der Waals surface area contributed by atoms with Crippen molar-refractivity contribution in [3.8, 4) is 11.5 Å². The highest BCUT2D eigenvalue weighted by molar-refractivity contribution is 5.61. The van der Waals surface area contributed by atoms with Crippen LogP contribution >= 0.6 is 0 Å². The van der Waals surface area contributed by atoms with Gasteiger partial charge in [0.25, 0.3) is 0 Å². The van der Waals surface area contributed by atoms with Gasteiger partial charge in [-0.2, -0.15) is 0 Å². The third kappa shape index (κ3) is 6.12. The molecule has 29 heavy (non-hydrogen) atoms. The first-order valence-corrected chi connectivity index (χ1v) is 11.2. The molecule has 0 bridgehead atoms. The Morgan fingerprint density at radius 2 is 1.69 bits per heavy atom. The van der Waals surface area contributed by atoms with E-state index < -0.39 is 0 Å². The van der Waals surface area contributed by atoms with Crippen LogP contribution in [0, 0.1) is 11.7 Å². The summed E-state index contributed by atoms with van der Waals surface area (Å²) in [6, 6.07) is 10.3. The fourth-order valence-corrected chi connectivity index (χ4v) is 4.49. The zero-order valence-corrected chi connectivity index (χ0v) is 17.6. The molecule has 0 unspecified atom stereocenters. The lowest BCUT2D eigenvalue weighted by Crippen LogP contribution is -2.14. The largest absolute Gasteiger partial charge is 0.455 e. The van der Waals surface area contributed by atoms with E-state index in [1.165, 1.54) is 57.4 Å². The normalized spacial score (nSPS) is 19.2. The van der Waals surface area contributed by atoms with Crippen LogP contribution in [0.3, 0.4) is 0 Å². The molecule has 2 aromatic rings. The molecule has 1 aliphatic carbocycles. The molecule has 0 atom stereocenters. The van der Waals surface area contributed by atoms with Crippen molar-refractivity contribution in [2.45, 2.75) is 77.0 Å². The molecule has 4 heteroatoms. The minimum absolute atomic E-state index is 0.181. The van der Waals surface area contributed by atoms with E-state index in [1.54, 1.807) is 18.2 Å². The van der Waals surface area contributed by atoms with Gasteiger partial charge in [0.15, 0.2) is 0 Å². The average Bonchev–Trinajstić information content (AvgIpc) is 2.71. The molecule has 158 valence electrons. The number of nitrogens with two attached hydrogens (primary N) is 2. The SMILES string of the molecule is CCCCCCCC1CCC(c2ccc(Oc3ccc(N)cc3N)cc2F)CC1. The number of unbranched alkanes of at least 4 members (excludes halogenated alkanes) is 4. The zero-order chi connectivity index (χ0) is 20.6. The van der Waals surface area contributed by atoms with Gasteiger partial charge in [-0.3, -0.25) is 0 Å². The summed E-state index contributed by atoms with van der Waals surface area (Å²) < 4.78 is 20.5. The van der Waals surface area contributed by atoms with Gasteiger partial charge in [0.2, 0.25) is 0 Å². The van der Waals surface area contributed by atoms with Crippen molar-refractivity contribution in [3.63, 3.8) is 0 Å². The van der Waals surface area contributed by atoms with Crippen molar-refractivity contribution in [3.05, 3.63) is 47.8 Å². The third-order valence-electron chi connectivity index (χ3n) is 6.24. The molecule has 3 rings (SSSR count). The number of nitrogen functional groups attached to an aromatic ring is 2. The summed E-state index contributed by atoms with van der Waals surface area (Å²) in [5.74, 6) is 1.92. The predicted molar refractivity (Wildman–Crippen MR) is 120 cm³/mol. The van der Waals surface area contributed by atoms with Crippen molar-refractivity contribution in [2.75, 3.05) is 11.5 Å². The van der Waals surface area contributed by atoms with E-state index in [9.17, 15) is 4.39 Å². The van der Waals surface area contributed by atoms with Crippen LogP contribution < -0.4 is 16.2 Å². The number of rotatable bonds is 9. The first-order valence-electron chi connectivity index (χ1n) is 11.2. The summed E-state index contributed by atoms with van der Waals surface area (Å²) in [4.78, 5) is 0. The Morgan fingerprint density at radius 3 is 2.38 bits per heavy atom. The van der Waals surface area contributed by atoms with Gasteiger partial charge in [0, 0.05) is 11.8 Å². The van der Waals surface area contributed by atoms with Crippen molar-refractivity contribution in [1.82, 2.24) is 0 Å². The Labute approximate surface area is 174 Å². The van der Waals surface area contributed by atoms with Crippen LogP contribution in [0.1, 0.15) is 82.6 Å². The van der Waals surface area contributed by atoms with Gasteiger partial charge in [-0.1, -0.05) is 51.5 Å². The number of ether oxygens (including phenoxy) is 1. The summed E-state index contributed by atoms with van der Waals surface area (Å²) in [5.41, 5.74) is 13.5. The Kier molecular flexibility index (Phi) is 7.79. The Hall–Kier alpha value is -2.23. The smallest absolute Gasteiger partial charge is 0.150 e. The van der Waals surface area contributed by atoms with Crippen LogP contribution in [0.4, 0.5) is 15.8 Å². The predicted octanol–water partition coefficient (Wildman–Crippen LogP) is 7.42. The van der Waals surface area contributed by atoms with E-state index >= 15 is 0 Å². The highest BCUT2D eigenvalue weighted by atomic mass is 19.1. The zero-order valence-electron chi connectivity index (χ0n) is 17.6. The quantitative estimate of drug-likeness (QED) is 0.341. The second kappa shape index (κ2) is 10.5. The van der Waals surface area contributed by atoms with Gasteiger partial charge in [0.1, 0.15) is 17.3 Å². The molecule has 0 radical (unpaired) electrons. The summed E-state index contributed by atoms with van der Waals surface area (Å²) in [6.07, 6.45) is 12.7. The molecular weight excluding hydrogens is 363 g/mol. The highest BCUT2D eigenvalue weighted by Crippen LogP contribution is 2.40. The van der Waals surface area contributed by atoms with Gasteiger partial charge < -0.3 is 16.2 Å². The summed E-state index contributed by atoms with van der Waals surface area (Å²) in [6.45, 7) is 2.26. The molecule has 0 heterocycles. The minimum Gasteiger partial charge on any atom is -0.455 e. The van der Waals surface area contributed by atoms with Crippen LogP contribution in [0.15, 0.2) is 36.4 Å². The number of anilines is 2. The first-order chi connectivity index (χ1) is 14.1. The van der Waals surface area contributed by atoms with E-state index in [-0.39, 0.29) is 5.82 Å². The minimum atomic E-state index is -0.181. The molecule has 1 saturated carbocycles. The molecule has 4 N–H and O–H groups in total. The van der Waals surface area contributed by atoms with Crippen LogP contribution in [-0.4, -0.2) is 0 Å². The lowest BCUT2D eigenvalue weighted by atomic mass is 9.77. The first kappa shape index (κ1) is 21.5. The molecule has 0 aliphatic heterocycles. The highest BCUT2D eigenvalue weighted by Gasteiger charge is 2.24. The fraction of sp³-hybridized carbons (Fsp3) is 0.520. The van der Waals surface area contributed by atoms with Gasteiger partial charge in [0.05, 0.1) is 5.69 Å². The fourth-order valence-electron chi connectivity index (χ4n) is 4.49. The van der Waals surface area contributed by atoms with Crippen LogP contribution in [0.5, 0.6) is 11.5 Å². The summed E-state index contributed by atoms with van der Waals surface area (Å²) in [5, 5.41) is 0. The Morgan fingerprint density at radius 1 is 0.931 bits per heavy atom. The lowest BCUT2D eigenvalue weighted by Gasteiger charge is -2.29. The second-order valence-corrected chi connectivity index (χ2v) is 8.50. The average molecular weight is 399 g/mol. The van der Waals surface area contributed by atoms with Gasteiger partial charge in [-0.25, -0.2) is 4.39 Å². The van der Waals surface area contributed by atoms with Gasteiger partial charge in [-0.05, 0) is 67.3 Å². The number of hydrogen-bond acceptors (Lipinski definition) is 3. The maximum absolute atomic E-state index is 14.8. The van der Waals surface area contributed by atoms with E-state index in [2.05, 4.69) is 6.92 Å². The Balaban J connectivity index is 1.52. The molecule has 2 aromatic carbocycles. The molecule has 3 nitrogen and oxygen atoms in total. The standard InChI is InChI=1S/C25H35FN2O/c1-2-3-4-5-6-7-18-8-10-19(11-9-18)22-14-13-21(17-23(22)26)29-25-15-12-20(27)16-24(25)28/h12-19H,2-11,27-28H2,1H3. The van der Waals surface area contributed by atoms with E-state index in [1.807, 2.05) is 12.1 Å². The Bertz CT molecular complexity index is 784. The maximum Gasteiger partial charge on any atom is 0.150 e. The number of hydrogen-bond donors (Lipinski definition) is 2. The summed E-state index contributed by atoms with van der Waals surface area (Å²) >= 11 is 0. The van der Waals surface area contributed by atoms with Crippen molar-refractivity contribution in [1.29, 1.82) is 0 Å². The molecule has 0 spiro atoms. The van der Waals surface area contributed by atoms with Crippen LogP contribution in [-0.2, 0) is 0 Å². The lowest BCUT2D eigenvalue weighted by molar-refractivity contribution is 0.298. The van der Waals surface area contributed by atoms with Crippen molar-refractivity contribution >= 4 is 11.4 Å². The molecule has 1 fully saturated rings. The van der Waals surface area contributed by atoms with E-state index in [0.29, 0.717) is 28.8 Å². The third-order valence-corrected chi connectivity index (χ3v) is 6.24.